The molecule has 6 nitrogen and oxygen atoms in total. The summed E-state index contributed by atoms with van der Waals surface area (Å²) in [5, 5.41) is 1.95. The molecule has 3 aromatic rings. The van der Waals surface area contributed by atoms with Crippen LogP contribution in [0.1, 0.15) is 5.82 Å². The summed E-state index contributed by atoms with van der Waals surface area (Å²) in [6.07, 6.45) is 4.21. The van der Waals surface area contributed by atoms with Crippen molar-refractivity contribution in [2.24, 2.45) is 0 Å². The lowest BCUT2D eigenvalue weighted by Gasteiger charge is -2.07. The highest BCUT2D eigenvalue weighted by Gasteiger charge is 2.14. The van der Waals surface area contributed by atoms with Crippen LogP contribution in [-0.2, 0) is 10.0 Å². The number of aromatic nitrogens is 3. The Morgan fingerprint density at radius 3 is 2.77 bits per heavy atom. The summed E-state index contributed by atoms with van der Waals surface area (Å²) in [7, 11) is -3.35. The Bertz CT molecular complexity index is 969. The van der Waals surface area contributed by atoms with E-state index in [0.717, 1.165) is 32.2 Å². The van der Waals surface area contributed by atoms with Crippen LogP contribution >= 0.6 is 27.3 Å². The molecule has 9 heteroatoms. The minimum Gasteiger partial charge on any atom is -0.282 e. The van der Waals surface area contributed by atoms with Gasteiger partial charge in [-0.3, -0.25) is 9.71 Å². The van der Waals surface area contributed by atoms with Crippen LogP contribution in [0.2, 0.25) is 0 Å². The Hall–Kier alpha value is -1.58. The number of hydrogen-bond donors (Lipinski definition) is 1. The van der Waals surface area contributed by atoms with Crippen LogP contribution in [0.3, 0.4) is 0 Å². The number of thiophene rings is 1. The molecule has 0 unspecified atom stereocenters. The van der Waals surface area contributed by atoms with E-state index in [1.54, 1.807) is 12.3 Å². The molecule has 0 aliphatic heterocycles. The van der Waals surface area contributed by atoms with E-state index >= 15 is 0 Å². The lowest BCUT2D eigenvalue weighted by Crippen LogP contribution is -2.09. The topological polar surface area (TPSA) is 84.8 Å². The van der Waals surface area contributed by atoms with Gasteiger partial charge in [-0.15, -0.1) is 11.3 Å². The zero-order valence-electron chi connectivity index (χ0n) is 11.7. The van der Waals surface area contributed by atoms with Crippen molar-refractivity contribution in [3.63, 3.8) is 0 Å². The van der Waals surface area contributed by atoms with Crippen molar-refractivity contribution in [3.05, 3.63) is 34.1 Å². The fourth-order valence-electron chi connectivity index (χ4n) is 2.04. The van der Waals surface area contributed by atoms with Crippen molar-refractivity contribution in [2.75, 3.05) is 11.0 Å². The quantitative estimate of drug-likeness (QED) is 0.731. The minimum atomic E-state index is -3.35. The summed E-state index contributed by atoms with van der Waals surface area (Å²) in [4.78, 5) is 13.0. The first-order valence-corrected chi connectivity index (χ1v) is 9.74. The van der Waals surface area contributed by atoms with E-state index < -0.39 is 10.0 Å². The minimum absolute atomic E-state index is 0.403. The van der Waals surface area contributed by atoms with Crippen molar-refractivity contribution in [1.82, 2.24) is 15.0 Å². The highest BCUT2D eigenvalue weighted by atomic mass is 79.9. The smallest absolute Gasteiger partial charge is 0.229 e. The van der Waals surface area contributed by atoms with Gasteiger partial charge in [0, 0.05) is 17.1 Å². The Morgan fingerprint density at radius 2 is 2.05 bits per heavy atom. The molecule has 3 heterocycles. The number of aryl methyl sites for hydroxylation is 1. The van der Waals surface area contributed by atoms with Gasteiger partial charge in [0.25, 0.3) is 0 Å². The Labute approximate surface area is 139 Å². The fourth-order valence-corrected chi connectivity index (χ4v) is 4.15. The molecule has 0 fully saturated rings. The molecule has 0 saturated heterocycles. The van der Waals surface area contributed by atoms with E-state index in [4.69, 9.17) is 0 Å². The predicted molar refractivity (Wildman–Crippen MR) is 91.5 cm³/mol. The van der Waals surface area contributed by atoms with Crippen LogP contribution < -0.4 is 4.72 Å². The van der Waals surface area contributed by atoms with Crippen molar-refractivity contribution < 1.29 is 8.42 Å². The van der Waals surface area contributed by atoms with Gasteiger partial charge in [0.05, 0.1) is 38.5 Å². The number of sulfonamides is 1. The van der Waals surface area contributed by atoms with Gasteiger partial charge < -0.3 is 0 Å². The number of rotatable bonds is 3. The molecule has 114 valence electrons. The number of anilines is 1. The number of pyridine rings is 1. The summed E-state index contributed by atoms with van der Waals surface area (Å²) in [6, 6.07) is 1.71. The molecule has 0 saturated carbocycles. The molecule has 0 aromatic carbocycles. The van der Waals surface area contributed by atoms with Gasteiger partial charge in [-0.05, 0) is 28.9 Å². The molecule has 0 atom stereocenters. The maximum Gasteiger partial charge on any atom is 0.229 e. The summed E-state index contributed by atoms with van der Waals surface area (Å²) < 4.78 is 27.0. The summed E-state index contributed by atoms with van der Waals surface area (Å²) in [6.45, 7) is 1.82. The molecule has 3 aromatic heterocycles. The van der Waals surface area contributed by atoms with E-state index in [9.17, 15) is 8.42 Å². The van der Waals surface area contributed by atoms with Crippen LogP contribution in [0.4, 0.5) is 5.69 Å². The summed E-state index contributed by atoms with van der Waals surface area (Å²) in [5.74, 6) is 0.642. The van der Waals surface area contributed by atoms with Crippen LogP contribution in [-0.4, -0.2) is 29.6 Å². The van der Waals surface area contributed by atoms with E-state index in [1.165, 1.54) is 17.5 Å². The Balaban J connectivity index is 2.17. The average Bonchev–Trinajstić information content (AvgIpc) is 2.78. The van der Waals surface area contributed by atoms with E-state index in [-0.39, 0.29) is 0 Å². The highest BCUT2D eigenvalue weighted by molar-refractivity contribution is 9.10. The highest BCUT2D eigenvalue weighted by Crippen LogP contribution is 2.35. The molecule has 0 amide bonds. The number of fused-ring (bicyclic) bond motifs is 1. The second kappa shape index (κ2) is 5.56. The molecule has 0 spiro atoms. The molecule has 22 heavy (non-hydrogen) atoms. The van der Waals surface area contributed by atoms with E-state index in [1.807, 2.05) is 12.3 Å². The van der Waals surface area contributed by atoms with Crippen molar-refractivity contribution in [1.29, 1.82) is 0 Å². The standard InChI is InChI=1S/C13H11BrN4O2S2/c1-7-16-11(13-12(17-7)10(14)6-21-13)8-3-9(5-15-4-8)18-22(2,19)20/h3-6,18H,1-2H3. The molecule has 0 aliphatic carbocycles. The van der Waals surface area contributed by atoms with E-state index in [2.05, 4.69) is 35.6 Å². The number of nitrogens with zero attached hydrogens (tertiary/aromatic N) is 3. The predicted octanol–water partition coefficient (Wildman–Crippen LogP) is 3.20. The molecule has 3 rings (SSSR count). The number of nitrogens with one attached hydrogen (secondary N) is 1. The zero-order valence-corrected chi connectivity index (χ0v) is 14.9. The van der Waals surface area contributed by atoms with Crippen molar-refractivity contribution in [3.8, 4) is 11.3 Å². The molecular formula is C13H11BrN4O2S2. The van der Waals surface area contributed by atoms with E-state index in [0.29, 0.717) is 11.5 Å². The van der Waals surface area contributed by atoms with Gasteiger partial charge in [-0.2, -0.15) is 0 Å². The molecule has 0 aliphatic rings. The van der Waals surface area contributed by atoms with Crippen LogP contribution in [0.15, 0.2) is 28.3 Å². The SMILES string of the molecule is Cc1nc(-c2cncc(NS(C)(=O)=O)c2)c2scc(Br)c2n1. The lowest BCUT2D eigenvalue weighted by molar-refractivity contribution is 0.607. The van der Waals surface area contributed by atoms with Gasteiger partial charge in [0.15, 0.2) is 0 Å². The van der Waals surface area contributed by atoms with Crippen LogP contribution in [0.5, 0.6) is 0 Å². The third kappa shape index (κ3) is 3.11. The second-order valence-corrected chi connectivity index (χ2v) is 8.20. The van der Waals surface area contributed by atoms with Gasteiger partial charge in [0.2, 0.25) is 10.0 Å². The molecular weight excluding hydrogens is 388 g/mol. The molecule has 0 bridgehead atoms. The van der Waals surface area contributed by atoms with Crippen LogP contribution in [0.25, 0.3) is 21.5 Å². The monoisotopic (exact) mass is 398 g/mol. The second-order valence-electron chi connectivity index (χ2n) is 4.72. The van der Waals surface area contributed by atoms with Gasteiger partial charge in [0.1, 0.15) is 5.82 Å². The number of hydrogen-bond acceptors (Lipinski definition) is 6. The zero-order chi connectivity index (χ0) is 15.9. The summed E-state index contributed by atoms with van der Waals surface area (Å²) >= 11 is 5.00. The fraction of sp³-hybridized carbons (Fsp3) is 0.154. The summed E-state index contributed by atoms with van der Waals surface area (Å²) in [5.41, 5.74) is 2.72. The third-order valence-electron chi connectivity index (χ3n) is 2.80. The average molecular weight is 399 g/mol. The van der Waals surface area contributed by atoms with Gasteiger partial charge in [-0.25, -0.2) is 18.4 Å². The third-order valence-corrected chi connectivity index (χ3v) is 5.29. The van der Waals surface area contributed by atoms with Crippen molar-refractivity contribution >= 4 is 53.2 Å². The van der Waals surface area contributed by atoms with Crippen molar-refractivity contribution in [2.45, 2.75) is 6.92 Å². The maximum atomic E-state index is 11.3. The van der Waals surface area contributed by atoms with Gasteiger partial charge in [-0.1, -0.05) is 0 Å². The first kappa shape index (κ1) is 15.3. The van der Waals surface area contributed by atoms with Crippen LogP contribution in [0, 0.1) is 6.92 Å². The molecule has 1 N–H and O–H groups in total. The first-order valence-electron chi connectivity index (χ1n) is 6.18. The number of halogens is 1. The largest absolute Gasteiger partial charge is 0.282 e. The Kier molecular flexibility index (Phi) is 3.87. The lowest BCUT2D eigenvalue weighted by atomic mass is 10.2. The first-order chi connectivity index (χ1) is 10.3. The Morgan fingerprint density at radius 1 is 1.27 bits per heavy atom. The maximum absolute atomic E-state index is 11.3. The van der Waals surface area contributed by atoms with Gasteiger partial charge >= 0.3 is 0 Å². The normalized spacial score (nSPS) is 11.8. The molecule has 0 radical (unpaired) electrons.